The minimum Gasteiger partial charge on any atom is -0.394 e. The van der Waals surface area contributed by atoms with Crippen molar-refractivity contribution in [3.05, 3.63) is 0 Å². The van der Waals surface area contributed by atoms with E-state index in [1.165, 1.54) is 4.90 Å². The topological polar surface area (TPSA) is 108 Å². The standard InChI is InChI=1S/C20H33N3O5/c1-6-9-21-16(25)13-14-18(27)23(12(4)10-24)15(17(26)22-11(2)3)20(14)8-7-19(13,5)28-20/h11-15,24H,6-10H2,1-5H3,(H,21,25)(H,22,26)/t12-,13+,14+,15?,19-,20?/m1/s1. The van der Waals surface area contributed by atoms with Crippen LogP contribution in [-0.4, -0.2) is 70.2 Å². The van der Waals surface area contributed by atoms with Crippen LogP contribution in [0.25, 0.3) is 0 Å². The van der Waals surface area contributed by atoms with E-state index >= 15 is 0 Å². The lowest BCUT2D eigenvalue weighted by atomic mass is 9.66. The van der Waals surface area contributed by atoms with Crippen LogP contribution in [0.15, 0.2) is 0 Å². The Morgan fingerprint density at radius 3 is 2.54 bits per heavy atom. The summed E-state index contributed by atoms with van der Waals surface area (Å²) < 4.78 is 6.43. The molecule has 158 valence electrons. The van der Waals surface area contributed by atoms with E-state index in [-0.39, 0.29) is 30.4 Å². The van der Waals surface area contributed by atoms with Crippen molar-refractivity contribution in [2.24, 2.45) is 11.8 Å². The molecule has 3 N–H and O–H groups in total. The van der Waals surface area contributed by atoms with Crippen LogP contribution >= 0.6 is 0 Å². The summed E-state index contributed by atoms with van der Waals surface area (Å²) in [5.74, 6) is -2.09. The van der Waals surface area contributed by atoms with E-state index in [2.05, 4.69) is 10.6 Å². The summed E-state index contributed by atoms with van der Waals surface area (Å²) in [6, 6.07) is -1.48. The number of likely N-dealkylation sites (tertiary alicyclic amines) is 1. The van der Waals surface area contributed by atoms with Crippen molar-refractivity contribution in [3.8, 4) is 0 Å². The first-order chi connectivity index (χ1) is 13.1. The van der Waals surface area contributed by atoms with E-state index in [0.717, 1.165) is 6.42 Å². The molecule has 3 aliphatic rings. The van der Waals surface area contributed by atoms with Crippen LogP contribution in [0, 0.1) is 11.8 Å². The second-order valence-electron chi connectivity index (χ2n) is 8.96. The van der Waals surface area contributed by atoms with Gasteiger partial charge in [-0.25, -0.2) is 0 Å². The van der Waals surface area contributed by atoms with Crippen molar-refractivity contribution >= 4 is 17.7 Å². The van der Waals surface area contributed by atoms with Crippen LogP contribution in [0.2, 0.25) is 0 Å². The Morgan fingerprint density at radius 2 is 1.96 bits per heavy atom. The molecule has 0 aromatic carbocycles. The van der Waals surface area contributed by atoms with Gasteiger partial charge in [-0.2, -0.15) is 0 Å². The molecule has 2 bridgehead atoms. The third-order valence-corrected chi connectivity index (χ3v) is 6.46. The lowest BCUT2D eigenvalue weighted by Crippen LogP contribution is -2.58. The van der Waals surface area contributed by atoms with Gasteiger partial charge in [0.2, 0.25) is 17.7 Å². The van der Waals surface area contributed by atoms with Crippen molar-refractivity contribution in [2.45, 2.75) is 83.2 Å². The van der Waals surface area contributed by atoms with Gasteiger partial charge in [0.15, 0.2) is 0 Å². The molecule has 0 aromatic rings. The Balaban J connectivity index is 2.04. The average molecular weight is 396 g/mol. The summed E-state index contributed by atoms with van der Waals surface area (Å²) in [5, 5.41) is 15.5. The van der Waals surface area contributed by atoms with Crippen molar-refractivity contribution in [3.63, 3.8) is 0 Å². The van der Waals surface area contributed by atoms with Gasteiger partial charge in [-0.15, -0.1) is 0 Å². The Kier molecular flexibility index (Phi) is 5.49. The van der Waals surface area contributed by atoms with Crippen LogP contribution in [-0.2, 0) is 19.1 Å². The van der Waals surface area contributed by atoms with Gasteiger partial charge < -0.3 is 25.4 Å². The number of carbonyl (C=O) groups is 3. The number of ether oxygens (including phenoxy) is 1. The molecule has 3 heterocycles. The number of amides is 3. The Hall–Kier alpha value is -1.67. The van der Waals surface area contributed by atoms with Gasteiger partial charge in [-0.3, -0.25) is 14.4 Å². The fraction of sp³-hybridized carbons (Fsp3) is 0.850. The lowest BCUT2D eigenvalue weighted by Gasteiger charge is -2.36. The van der Waals surface area contributed by atoms with E-state index in [9.17, 15) is 19.5 Å². The first-order valence-electron chi connectivity index (χ1n) is 10.3. The second-order valence-corrected chi connectivity index (χ2v) is 8.96. The molecule has 0 aromatic heterocycles. The lowest BCUT2D eigenvalue weighted by molar-refractivity contribution is -0.149. The second kappa shape index (κ2) is 7.30. The van der Waals surface area contributed by atoms with Crippen molar-refractivity contribution < 1.29 is 24.2 Å². The molecule has 1 spiro atoms. The smallest absolute Gasteiger partial charge is 0.246 e. The van der Waals surface area contributed by atoms with Crippen LogP contribution in [0.3, 0.4) is 0 Å². The summed E-state index contributed by atoms with van der Waals surface area (Å²) in [6.45, 7) is 9.56. The Bertz CT molecular complexity index is 668. The van der Waals surface area contributed by atoms with Gasteiger partial charge in [0, 0.05) is 12.6 Å². The molecule has 8 nitrogen and oxygen atoms in total. The predicted octanol–water partition coefficient (Wildman–Crippen LogP) is 0.183. The fourth-order valence-corrected chi connectivity index (χ4v) is 5.35. The number of rotatable bonds is 7. The molecule has 3 fully saturated rings. The number of hydrogen-bond donors (Lipinski definition) is 3. The third kappa shape index (κ3) is 2.92. The highest BCUT2D eigenvalue weighted by Gasteiger charge is 2.78. The number of nitrogens with one attached hydrogen (secondary N) is 2. The van der Waals surface area contributed by atoms with E-state index in [4.69, 9.17) is 4.74 Å². The summed E-state index contributed by atoms with van der Waals surface area (Å²) in [5.41, 5.74) is -1.79. The van der Waals surface area contributed by atoms with Crippen molar-refractivity contribution in [1.82, 2.24) is 15.5 Å². The van der Waals surface area contributed by atoms with E-state index in [1.807, 2.05) is 27.7 Å². The van der Waals surface area contributed by atoms with E-state index < -0.39 is 35.1 Å². The maximum absolute atomic E-state index is 13.5. The molecule has 6 atom stereocenters. The van der Waals surface area contributed by atoms with Crippen LogP contribution < -0.4 is 10.6 Å². The molecule has 0 radical (unpaired) electrons. The molecular weight excluding hydrogens is 362 g/mol. The number of aliphatic hydroxyl groups is 1. The zero-order chi connectivity index (χ0) is 20.9. The molecule has 3 rings (SSSR count). The molecular formula is C20H33N3O5. The first kappa shape index (κ1) is 21.0. The minimum atomic E-state index is -1.03. The number of aliphatic hydroxyl groups excluding tert-OH is 1. The minimum absolute atomic E-state index is 0.0952. The Labute approximate surface area is 166 Å². The molecule has 3 saturated heterocycles. The number of nitrogens with zero attached hydrogens (tertiary/aromatic N) is 1. The summed E-state index contributed by atoms with van der Waals surface area (Å²) in [4.78, 5) is 41.0. The SMILES string of the molecule is CCCNC(=O)[C@@H]1[C@H]2C(=O)N([C@H](C)CO)C(C(=O)NC(C)C)C23CC[C@@]1(C)O3. The maximum Gasteiger partial charge on any atom is 0.246 e. The van der Waals surface area contributed by atoms with Gasteiger partial charge in [-0.05, 0) is 47.0 Å². The summed E-state index contributed by atoms with van der Waals surface area (Å²) >= 11 is 0. The van der Waals surface area contributed by atoms with Gasteiger partial charge in [0.1, 0.15) is 11.6 Å². The van der Waals surface area contributed by atoms with Crippen LogP contribution in [0.1, 0.15) is 53.9 Å². The normalized spacial score (nSPS) is 37.3. The molecule has 8 heteroatoms. The first-order valence-corrected chi connectivity index (χ1v) is 10.3. The number of hydrogen-bond acceptors (Lipinski definition) is 5. The molecule has 3 aliphatic heterocycles. The average Bonchev–Trinajstić information content (AvgIpc) is 3.19. The summed E-state index contributed by atoms with van der Waals surface area (Å²) in [7, 11) is 0. The highest BCUT2D eigenvalue weighted by molar-refractivity contribution is 5.99. The largest absolute Gasteiger partial charge is 0.394 e. The molecule has 2 unspecified atom stereocenters. The molecule has 0 aliphatic carbocycles. The van der Waals surface area contributed by atoms with Gasteiger partial charge in [-0.1, -0.05) is 6.92 Å². The molecule has 3 amide bonds. The maximum atomic E-state index is 13.5. The highest BCUT2D eigenvalue weighted by atomic mass is 16.5. The van der Waals surface area contributed by atoms with E-state index in [1.54, 1.807) is 6.92 Å². The molecule has 0 saturated carbocycles. The van der Waals surface area contributed by atoms with Crippen molar-refractivity contribution in [2.75, 3.05) is 13.2 Å². The molecule has 28 heavy (non-hydrogen) atoms. The predicted molar refractivity (Wildman–Crippen MR) is 102 cm³/mol. The summed E-state index contributed by atoms with van der Waals surface area (Å²) in [6.07, 6.45) is 1.96. The van der Waals surface area contributed by atoms with Crippen molar-refractivity contribution in [1.29, 1.82) is 0 Å². The monoisotopic (exact) mass is 395 g/mol. The Morgan fingerprint density at radius 1 is 1.29 bits per heavy atom. The quantitative estimate of drug-likeness (QED) is 0.570. The zero-order valence-corrected chi connectivity index (χ0v) is 17.4. The van der Waals surface area contributed by atoms with E-state index in [0.29, 0.717) is 19.4 Å². The third-order valence-electron chi connectivity index (χ3n) is 6.46. The fourth-order valence-electron chi connectivity index (χ4n) is 5.35. The van der Waals surface area contributed by atoms with Gasteiger partial charge >= 0.3 is 0 Å². The van der Waals surface area contributed by atoms with Crippen LogP contribution in [0.4, 0.5) is 0 Å². The number of carbonyl (C=O) groups excluding carboxylic acids is 3. The highest BCUT2D eigenvalue weighted by Crippen LogP contribution is 2.63. The van der Waals surface area contributed by atoms with Crippen LogP contribution in [0.5, 0.6) is 0 Å². The number of fused-ring (bicyclic) bond motifs is 1. The zero-order valence-electron chi connectivity index (χ0n) is 17.4. The van der Waals surface area contributed by atoms with Gasteiger partial charge in [0.25, 0.3) is 0 Å². The van der Waals surface area contributed by atoms with Gasteiger partial charge in [0.05, 0.1) is 30.1 Å².